The van der Waals surface area contributed by atoms with Crippen molar-refractivity contribution >= 4 is 34.7 Å². The smallest absolute Gasteiger partial charge is 0.279 e. The first kappa shape index (κ1) is 18.7. The van der Waals surface area contributed by atoms with Crippen LogP contribution in [0.1, 0.15) is 56.7 Å². The van der Waals surface area contributed by atoms with Crippen LogP contribution in [0.4, 0.5) is 5.69 Å². The zero-order valence-corrected chi connectivity index (χ0v) is 16.6. The van der Waals surface area contributed by atoms with Crippen molar-refractivity contribution in [3.63, 3.8) is 0 Å². The van der Waals surface area contributed by atoms with Gasteiger partial charge in [0, 0.05) is 29.1 Å². The van der Waals surface area contributed by atoms with Crippen molar-refractivity contribution < 1.29 is 14.4 Å². The van der Waals surface area contributed by atoms with Gasteiger partial charge in [-0.2, -0.15) is 0 Å². The molecular weight excluding hydrogens is 374 g/mol. The van der Waals surface area contributed by atoms with Crippen LogP contribution in [-0.2, 0) is 17.6 Å². The van der Waals surface area contributed by atoms with Crippen molar-refractivity contribution in [3.8, 4) is 0 Å². The molecule has 1 aliphatic carbocycles. The second kappa shape index (κ2) is 7.75. The van der Waals surface area contributed by atoms with Gasteiger partial charge in [-0.3, -0.25) is 25.2 Å². The monoisotopic (exact) mass is 397 g/mol. The highest BCUT2D eigenvalue weighted by Crippen LogP contribution is 2.32. The number of hydrazine groups is 1. The third-order valence-corrected chi connectivity index (χ3v) is 6.59. The number of hydrogen-bond donors (Lipinski definition) is 2. The highest BCUT2D eigenvalue weighted by molar-refractivity contribution is 7.14. The van der Waals surface area contributed by atoms with Crippen LogP contribution in [0.15, 0.2) is 30.3 Å². The van der Waals surface area contributed by atoms with Gasteiger partial charge in [0.25, 0.3) is 11.8 Å². The van der Waals surface area contributed by atoms with Gasteiger partial charge in [-0.1, -0.05) is 6.92 Å². The third kappa shape index (κ3) is 3.80. The summed E-state index contributed by atoms with van der Waals surface area (Å²) in [5, 5.41) is 0. The molecule has 1 aliphatic heterocycles. The molecule has 7 heteroatoms. The summed E-state index contributed by atoms with van der Waals surface area (Å²) in [6, 6.07) is 8.78. The van der Waals surface area contributed by atoms with Crippen LogP contribution in [0.5, 0.6) is 0 Å². The lowest BCUT2D eigenvalue weighted by molar-refractivity contribution is -0.117. The SMILES string of the molecule is C[C@@H]1CCc2sc(C(=O)NNC(=O)c3ccc(N4CCCC4=O)cc3)cc2C1. The average Bonchev–Trinajstić information content (AvgIpc) is 3.31. The molecule has 4 rings (SSSR count). The predicted molar refractivity (Wildman–Crippen MR) is 108 cm³/mol. The molecule has 2 aliphatic rings. The predicted octanol–water partition coefficient (Wildman–Crippen LogP) is 3.07. The van der Waals surface area contributed by atoms with E-state index in [1.807, 2.05) is 6.07 Å². The molecule has 1 fully saturated rings. The van der Waals surface area contributed by atoms with Crippen molar-refractivity contribution in [1.82, 2.24) is 10.9 Å². The summed E-state index contributed by atoms with van der Waals surface area (Å²) in [7, 11) is 0. The summed E-state index contributed by atoms with van der Waals surface area (Å²) < 4.78 is 0. The number of hydrogen-bond acceptors (Lipinski definition) is 4. The average molecular weight is 398 g/mol. The van der Waals surface area contributed by atoms with Crippen LogP contribution in [0, 0.1) is 5.92 Å². The lowest BCUT2D eigenvalue weighted by atomic mass is 9.90. The van der Waals surface area contributed by atoms with E-state index in [-0.39, 0.29) is 17.7 Å². The van der Waals surface area contributed by atoms with Gasteiger partial charge in [-0.25, -0.2) is 0 Å². The van der Waals surface area contributed by atoms with Crippen LogP contribution in [-0.4, -0.2) is 24.3 Å². The van der Waals surface area contributed by atoms with Gasteiger partial charge in [0.15, 0.2) is 0 Å². The van der Waals surface area contributed by atoms with Crippen LogP contribution in [0.2, 0.25) is 0 Å². The molecule has 1 aromatic carbocycles. The highest BCUT2D eigenvalue weighted by atomic mass is 32.1. The van der Waals surface area contributed by atoms with Gasteiger partial charge in [0.05, 0.1) is 4.88 Å². The normalized spacial score (nSPS) is 18.7. The lowest BCUT2D eigenvalue weighted by Crippen LogP contribution is -2.41. The molecule has 6 nitrogen and oxygen atoms in total. The quantitative estimate of drug-likeness (QED) is 0.782. The third-order valence-electron chi connectivity index (χ3n) is 5.36. The molecule has 1 saturated heterocycles. The second-order valence-electron chi connectivity index (χ2n) is 7.51. The van der Waals surface area contributed by atoms with E-state index < -0.39 is 0 Å². The maximum Gasteiger partial charge on any atom is 0.279 e. The van der Waals surface area contributed by atoms with Gasteiger partial charge >= 0.3 is 0 Å². The standard InChI is InChI=1S/C21H23N3O3S/c1-13-4-9-17-15(11-13)12-18(28-17)21(27)23-22-20(26)14-5-7-16(8-6-14)24-10-2-3-19(24)25/h5-8,12-13H,2-4,9-11H2,1H3,(H,22,26)(H,23,27)/t13-/m1/s1. The number of nitrogens with one attached hydrogen (secondary N) is 2. The number of amides is 3. The molecule has 2 aromatic rings. The van der Waals surface area contributed by atoms with Gasteiger partial charge in [0.1, 0.15) is 0 Å². The van der Waals surface area contributed by atoms with Crippen LogP contribution in [0.25, 0.3) is 0 Å². The van der Waals surface area contributed by atoms with Gasteiger partial charge in [-0.05, 0) is 67.5 Å². The first-order valence-electron chi connectivity index (χ1n) is 9.64. The molecule has 0 saturated carbocycles. The van der Waals surface area contributed by atoms with E-state index in [9.17, 15) is 14.4 Å². The Kier molecular flexibility index (Phi) is 5.17. The number of anilines is 1. The van der Waals surface area contributed by atoms with E-state index >= 15 is 0 Å². The summed E-state index contributed by atoms with van der Waals surface area (Å²) in [6.45, 7) is 2.94. The molecular formula is C21H23N3O3S. The minimum Gasteiger partial charge on any atom is -0.312 e. The summed E-state index contributed by atoms with van der Waals surface area (Å²) in [5.41, 5.74) is 7.45. The number of rotatable bonds is 3. The number of aryl methyl sites for hydroxylation is 1. The van der Waals surface area contributed by atoms with Gasteiger partial charge in [-0.15, -0.1) is 11.3 Å². The summed E-state index contributed by atoms with van der Waals surface area (Å²) >= 11 is 1.51. The minimum atomic E-state index is -0.386. The largest absolute Gasteiger partial charge is 0.312 e. The highest BCUT2D eigenvalue weighted by Gasteiger charge is 2.22. The number of fused-ring (bicyclic) bond motifs is 1. The molecule has 1 atom stereocenters. The molecule has 2 heterocycles. The van der Waals surface area contributed by atoms with E-state index in [1.165, 1.54) is 21.8 Å². The molecule has 0 bridgehead atoms. The molecule has 2 N–H and O–H groups in total. The van der Waals surface area contributed by atoms with Crippen LogP contribution >= 0.6 is 11.3 Å². The van der Waals surface area contributed by atoms with Crippen LogP contribution < -0.4 is 15.8 Å². The van der Waals surface area contributed by atoms with Crippen molar-refractivity contribution in [2.24, 2.45) is 5.92 Å². The van der Waals surface area contributed by atoms with E-state index in [2.05, 4.69) is 17.8 Å². The zero-order valence-electron chi connectivity index (χ0n) is 15.8. The fourth-order valence-electron chi connectivity index (χ4n) is 3.78. The number of thiophene rings is 1. The topological polar surface area (TPSA) is 78.5 Å². The Morgan fingerprint density at radius 3 is 2.57 bits per heavy atom. The van der Waals surface area contributed by atoms with E-state index in [0.29, 0.717) is 29.3 Å². The Balaban J connectivity index is 1.35. The number of carbonyl (C=O) groups excluding carboxylic acids is 3. The zero-order chi connectivity index (χ0) is 19.7. The maximum atomic E-state index is 12.4. The fraction of sp³-hybridized carbons (Fsp3) is 0.381. The maximum absolute atomic E-state index is 12.4. The first-order chi connectivity index (χ1) is 13.5. The number of benzene rings is 1. The van der Waals surface area contributed by atoms with Crippen molar-refractivity contribution in [1.29, 1.82) is 0 Å². The fourth-order valence-corrected chi connectivity index (χ4v) is 4.88. The first-order valence-corrected chi connectivity index (χ1v) is 10.5. The Labute approximate surface area is 167 Å². The Bertz CT molecular complexity index is 919. The molecule has 146 valence electrons. The van der Waals surface area contributed by atoms with Crippen molar-refractivity contribution in [2.75, 3.05) is 11.4 Å². The number of nitrogens with zero attached hydrogens (tertiary/aromatic N) is 1. The summed E-state index contributed by atoms with van der Waals surface area (Å²) in [5.74, 6) is 0.0799. The molecule has 0 unspecified atom stereocenters. The minimum absolute atomic E-state index is 0.109. The summed E-state index contributed by atoms with van der Waals surface area (Å²) in [4.78, 5) is 40.1. The van der Waals surface area contributed by atoms with E-state index in [4.69, 9.17) is 0 Å². The van der Waals surface area contributed by atoms with Gasteiger partial charge in [0.2, 0.25) is 5.91 Å². The Morgan fingerprint density at radius 1 is 1.11 bits per heavy atom. The second-order valence-corrected chi connectivity index (χ2v) is 8.65. The molecule has 1 aromatic heterocycles. The lowest BCUT2D eigenvalue weighted by Gasteiger charge is -2.16. The molecule has 0 spiro atoms. The Morgan fingerprint density at radius 2 is 1.86 bits per heavy atom. The summed E-state index contributed by atoms with van der Waals surface area (Å²) in [6.07, 6.45) is 4.62. The molecule has 28 heavy (non-hydrogen) atoms. The molecule has 0 radical (unpaired) electrons. The van der Waals surface area contributed by atoms with E-state index in [1.54, 1.807) is 29.2 Å². The molecule has 3 amide bonds. The van der Waals surface area contributed by atoms with Crippen molar-refractivity contribution in [3.05, 3.63) is 51.2 Å². The van der Waals surface area contributed by atoms with Gasteiger partial charge < -0.3 is 4.90 Å². The Hall–Kier alpha value is -2.67. The van der Waals surface area contributed by atoms with Crippen molar-refractivity contribution in [2.45, 2.75) is 39.0 Å². The number of carbonyl (C=O) groups is 3. The van der Waals surface area contributed by atoms with Crippen LogP contribution in [0.3, 0.4) is 0 Å². The van der Waals surface area contributed by atoms with E-state index in [0.717, 1.165) is 31.4 Å².